The highest BCUT2D eigenvalue weighted by atomic mass is 79.9. The Bertz CT molecular complexity index is 943. The summed E-state index contributed by atoms with van der Waals surface area (Å²) in [5, 5.41) is 10.6. The van der Waals surface area contributed by atoms with Gasteiger partial charge in [0, 0.05) is 6.54 Å². The van der Waals surface area contributed by atoms with Crippen molar-refractivity contribution in [2.75, 3.05) is 6.54 Å². The number of nitrogens with zero attached hydrogens (tertiary/aromatic N) is 2. The van der Waals surface area contributed by atoms with E-state index in [4.69, 9.17) is 4.99 Å². The van der Waals surface area contributed by atoms with Crippen molar-refractivity contribution in [3.63, 3.8) is 0 Å². The topological polar surface area (TPSA) is 52.9 Å². The summed E-state index contributed by atoms with van der Waals surface area (Å²) >= 11 is 8.02. The van der Waals surface area contributed by atoms with E-state index in [-0.39, 0.29) is 11.7 Å². The van der Waals surface area contributed by atoms with Gasteiger partial charge in [0.1, 0.15) is 5.75 Å². The summed E-state index contributed by atoms with van der Waals surface area (Å²) in [6.45, 7) is 6.53. The maximum absolute atomic E-state index is 12.8. The highest BCUT2D eigenvalue weighted by Gasteiger charge is 2.32. The third-order valence-corrected chi connectivity index (χ3v) is 6.40. The molecule has 0 saturated carbocycles. The van der Waals surface area contributed by atoms with Crippen LogP contribution in [-0.2, 0) is 4.79 Å². The fourth-order valence-electron chi connectivity index (χ4n) is 2.77. The second kappa shape index (κ2) is 8.20. The van der Waals surface area contributed by atoms with Crippen molar-refractivity contribution in [1.29, 1.82) is 0 Å². The van der Waals surface area contributed by atoms with Crippen molar-refractivity contribution in [3.8, 4) is 5.75 Å². The van der Waals surface area contributed by atoms with Gasteiger partial charge in [-0.3, -0.25) is 9.69 Å². The number of carbonyl (C=O) groups excluding carboxylic acids is 1. The second-order valence-corrected chi connectivity index (χ2v) is 8.85. The Labute approximate surface area is 179 Å². The number of hydrogen-bond acceptors (Lipinski definition) is 4. The van der Waals surface area contributed by atoms with Crippen LogP contribution in [0.15, 0.2) is 49.2 Å². The normalized spacial score (nSPS) is 17.4. The summed E-state index contributed by atoms with van der Waals surface area (Å²) in [6, 6.07) is 9.60. The molecule has 4 nitrogen and oxygen atoms in total. The molecule has 27 heavy (non-hydrogen) atoms. The number of hydrogen-bond donors (Lipinski definition) is 1. The Balaban J connectivity index is 2.01. The number of aryl methyl sites for hydroxylation is 2. The predicted molar refractivity (Wildman–Crippen MR) is 119 cm³/mol. The van der Waals surface area contributed by atoms with Gasteiger partial charge in [-0.25, -0.2) is 4.99 Å². The lowest BCUT2D eigenvalue weighted by molar-refractivity contribution is -0.122. The number of amidine groups is 1. The number of rotatable bonds is 3. The van der Waals surface area contributed by atoms with Gasteiger partial charge in [0.2, 0.25) is 0 Å². The molecule has 2 aromatic rings. The van der Waals surface area contributed by atoms with E-state index in [1.165, 1.54) is 11.8 Å². The molecule has 0 bridgehead atoms. The van der Waals surface area contributed by atoms with E-state index in [1.807, 2.05) is 45.0 Å². The molecule has 1 aliphatic rings. The standard InChI is InChI=1S/C20H18Br2N2O2S/c1-4-24-19(26)16(10-13-8-14(21)18(25)15(22)9-13)27-20(24)23-17-11(2)6-5-7-12(17)3/h5-10,25H,4H2,1-3H3/b16-10+,23-20?. The molecule has 1 amide bonds. The molecule has 0 radical (unpaired) electrons. The highest BCUT2D eigenvalue weighted by Crippen LogP contribution is 2.38. The van der Waals surface area contributed by atoms with Gasteiger partial charge in [-0.05, 0) is 99.3 Å². The molecule has 0 aliphatic carbocycles. The first-order valence-corrected chi connectivity index (χ1v) is 10.8. The lowest BCUT2D eigenvalue weighted by atomic mass is 10.1. The summed E-state index contributed by atoms with van der Waals surface area (Å²) in [6.07, 6.45) is 1.82. The van der Waals surface area contributed by atoms with E-state index in [0.29, 0.717) is 25.6 Å². The number of carbonyl (C=O) groups is 1. The van der Waals surface area contributed by atoms with E-state index >= 15 is 0 Å². The summed E-state index contributed by atoms with van der Waals surface area (Å²) in [5.41, 5.74) is 3.88. The van der Waals surface area contributed by atoms with Crippen molar-refractivity contribution in [2.24, 2.45) is 4.99 Å². The minimum atomic E-state index is -0.0622. The van der Waals surface area contributed by atoms with E-state index in [0.717, 1.165) is 22.4 Å². The number of likely N-dealkylation sites (N-methyl/N-ethyl adjacent to an activating group) is 1. The summed E-state index contributed by atoms with van der Waals surface area (Å²) in [4.78, 5) is 19.9. The Morgan fingerprint density at radius 1 is 1.19 bits per heavy atom. The van der Waals surface area contributed by atoms with Crippen LogP contribution in [0.3, 0.4) is 0 Å². The average Bonchev–Trinajstić information content (AvgIpc) is 2.90. The smallest absolute Gasteiger partial charge is 0.266 e. The van der Waals surface area contributed by atoms with Crippen molar-refractivity contribution >= 4 is 66.5 Å². The minimum Gasteiger partial charge on any atom is -0.506 e. The van der Waals surface area contributed by atoms with Gasteiger partial charge in [-0.15, -0.1) is 0 Å². The quantitative estimate of drug-likeness (QED) is 0.504. The fourth-order valence-corrected chi connectivity index (χ4v) is 5.04. The van der Waals surface area contributed by atoms with Crippen LogP contribution in [0.25, 0.3) is 6.08 Å². The van der Waals surface area contributed by atoms with Crippen LogP contribution in [0.5, 0.6) is 5.75 Å². The Morgan fingerprint density at radius 2 is 1.78 bits per heavy atom. The molecule has 7 heteroatoms. The van der Waals surface area contributed by atoms with Crippen LogP contribution >= 0.6 is 43.6 Å². The second-order valence-electron chi connectivity index (χ2n) is 6.13. The lowest BCUT2D eigenvalue weighted by Gasteiger charge is -2.13. The summed E-state index contributed by atoms with van der Waals surface area (Å²) in [5.74, 6) is 0.0721. The zero-order valence-corrected chi connectivity index (χ0v) is 19.1. The molecule has 1 N–H and O–H groups in total. The van der Waals surface area contributed by atoms with Crippen molar-refractivity contribution in [3.05, 3.63) is 60.9 Å². The number of benzene rings is 2. The van der Waals surface area contributed by atoms with E-state index < -0.39 is 0 Å². The average molecular weight is 510 g/mol. The molecular formula is C20H18Br2N2O2S. The van der Waals surface area contributed by atoms with Crippen LogP contribution in [0.1, 0.15) is 23.6 Å². The Morgan fingerprint density at radius 3 is 2.33 bits per heavy atom. The molecular weight excluding hydrogens is 492 g/mol. The number of thioether (sulfide) groups is 1. The van der Waals surface area contributed by atoms with Crippen LogP contribution < -0.4 is 0 Å². The van der Waals surface area contributed by atoms with Gasteiger partial charge in [0.25, 0.3) is 5.91 Å². The third-order valence-electron chi connectivity index (χ3n) is 4.19. The molecule has 1 heterocycles. The summed E-state index contributed by atoms with van der Waals surface area (Å²) in [7, 11) is 0. The van der Waals surface area contributed by atoms with Crippen molar-refractivity contribution in [2.45, 2.75) is 20.8 Å². The lowest BCUT2D eigenvalue weighted by Crippen LogP contribution is -2.28. The zero-order valence-electron chi connectivity index (χ0n) is 15.1. The highest BCUT2D eigenvalue weighted by molar-refractivity contribution is 9.11. The Kier molecular flexibility index (Phi) is 6.13. The predicted octanol–water partition coefficient (Wildman–Crippen LogP) is 6.16. The molecule has 3 rings (SSSR count). The number of halogens is 2. The molecule has 0 spiro atoms. The third kappa shape index (κ3) is 4.15. The van der Waals surface area contributed by atoms with Gasteiger partial charge >= 0.3 is 0 Å². The van der Waals surface area contributed by atoms with E-state index in [9.17, 15) is 9.90 Å². The van der Waals surface area contributed by atoms with Gasteiger partial charge in [0.05, 0.1) is 19.5 Å². The molecule has 140 valence electrons. The number of amides is 1. The van der Waals surface area contributed by atoms with Crippen LogP contribution in [0.2, 0.25) is 0 Å². The zero-order chi connectivity index (χ0) is 19.7. The maximum Gasteiger partial charge on any atom is 0.266 e. The molecule has 0 aromatic heterocycles. The molecule has 0 atom stereocenters. The number of aliphatic imine (C=N–C) groups is 1. The molecule has 0 unspecified atom stereocenters. The molecule has 1 aliphatic heterocycles. The Hall–Kier alpha value is -1.57. The number of para-hydroxylation sites is 1. The van der Waals surface area contributed by atoms with Gasteiger partial charge in [-0.2, -0.15) is 0 Å². The largest absolute Gasteiger partial charge is 0.506 e. The van der Waals surface area contributed by atoms with Gasteiger partial charge in [-0.1, -0.05) is 18.2 Å². The van der Waals surface area contributed by atoms with Crippen LogP contribution in [0, 0.1) is 13.8 Å². The van der Waals surface area contributed by atoms with Crippen molar-refractivity contribution < 1.29 is 9.90 Å². The first kappa shape index (κ1) is 20.2. The maximum atomic E-state index is 12.8. The van der Waals surface area contributed by atoms with Gasteiger partial charge in [0.15, 0.2) is 5.17 Å². The molecule has 1 fully saturated rings. The van der Waals surface area contributed by atoms with E-state index in [2.05, 4.69) is 31.9 Å². The first-order valence-electron chi connectivity index (χ1n) is 8.36. The summed E-state index contributed by atoms with van der Waals surface area (Å²) < 4.78 is 1.13. The van der Waals surface area contributed by atoms with Crippen LogP contribution in [-0.4, -0.2) is 27.6 Å². The SMILES string of the molecule is CCN1C(=O)/C(=C\c2cc(Br)c(O)c(Br)c2)SC1=Nc1c(C)cccc1C. The number of phenols is 1. The van der Waals surface area contributed by atoms with Crippen LogP contribution in [0.4, 0.5) is 5.69 Å². The van der Waals surface area contributed by atoms with Crippen molar-refractivity contribution in [1.82, 2.24) is 4.90 Å². The molecule has 1 saturated heterocycles. The van der Waals surface area contributed by atoms with Gasteiger partial charge < -0.3 is 5.11 Å². The number of aromatic hydroxyl groups is 1. The first-order chi connectivity index (χ1) is 12.8. The fraction of sp³-hybridized carbons (Fsp3) is 0.200. The van der Waals surface area contributed by atoms with E-state index in [1.54, 1.807) is 17.0 Å². The monoisotopic (exact) mass is 508 g/mol. The number of phenolic OH excluding ortho intramolecular Hbond substituents is 1. The minimum absolute atomic E-state index is 0.0622. The molecule has 2 aromatic carbocycles.